The third-order valence-electron chi connectivity index (χ3n) is 4.04. The summed E-state index contributed by atoms with van der Waals surface area (Å²) in [5.41, 5.74) is 6.08. The molecule has 4 N–H and O–H groups in total. The maximum absolute atomic E-state index is 12.8. The van der Waals surface area contributed by atoms with Crippen LogP contribution in [-0.2, 0) is 4.79 Å². The van der Waals surface area contributed by atoms with Gasteiger partial charge in [0.05, 0.1) is 24.5 Å². The lowest BCUT2D eigenvalue weighted by Crippen LogP contribution is -2.28. The highest BCUT2D eigenvalue weighted by Crippen LogP contribution is 2.29. The van der Waals surface area contributed by atoms with Gasteiger partial charge in [0.1, 0.15) is 0 Å². The van der Waals surface area contributed by atoms with Gasteiger partial charge in [-0.05, 0) is 43.7 Å². The van der Waals surface area contributed by atoms with Gasteiger partial charge in [0.15, 0.2) is 11.5 Å². The van der Waals surface area contributed by atoms with Crippen LogP contribution >= 0.6 is 0 Å². The van der Waals surface area contributed by atoms with E-state index in [1.807, 2.05) is 13.8 Å². The number of anilines is 1. The van der Waals surface area contributed by atoms with Crippen molar-refractivity contribution in [2.75, 3.05) is 25.1 Å². The second-order valence-corrected chi connectivity index (χ2v) is 6.41. The topological polar surface area (TPSA) is 120 Å². The van der Waals surface area contributed by atoms with E-state index >= 15 is 0 Å². The highest BCUT2D eigenvalue weighted by atomic mass is 16.5. The summed E-state index contributed by atoms with van der Waals surface area (Å²) >= 11 is 0. The van der Waals surface area contributed by atoms with Crippen molar-refractivity contribution in [2.24, 2.45) is 5.73 Å². The Morgan fingerprint density at radius 3 is 2.43 bits per heavy atom. The van der Waals surface area contributed by atoms with E-state index in [0.29, 0.717) is 36.0 Å². The van der Waals surface area contributed by atoms with Crippen molar-refractivity contribution in [3.63, 3.8) is 0 Å². The first-order valence-electron chi connectivity index (χ1n) is 9.82. The van der Waals surface area contributed by atoms with Crippen molar-refractivity contribution in [2.45, 2.75) is 26.7 Å². The molecule has 0 saturated heterocycles. The predicted molar refractivity (Wildman–Crippen MR) is 114 cm³/mol. The largest absolute Gasteiger partial charge is 0.490 e. The van der Waals surface area contributed by atoms with E-state index in [4.69, 9.17) is 15.2 Å². The summed E-state index contributed by atoms with van der Waals surface area (Å²) in [5, 5.41) is 5.36. The van der Waals surface area contributed by atoms with Crippen molar-refractivity contribution in [3.05, 3.63) is 53.6 Å². The fourth-order valence-electron chi connectivity index (χ4n) is 2.63. The second-order valence-electron chi connectivity index (χ2n) is 6.41. The van der Waals surface area contributed by atoms with Crippen LogP contribution in [0.5, 0.6) is 11.5 Å². The summed E-state index contributed by atoms with van der Waals surface area (Å²) in [4.78, 5) is 36.0. The molecule has 0 fully saturated rings. The van der Waals surface area contributed by atoms with Crippen LogP contribution in [0.1, 0.15) is 47.4 Å². The van der Waals surface area contributed by atoms with Crippen LogP contribution in [-0.4, -0.2) is 37.5 Å². The lowest BCUT2D eigenvalue weighted by Gasteiger charge is -2.14. The number of carbonyl (C=O) groups excluding carboxylic acids is 3. The SMILES string of the molecule is CCCOc1ccc(C(=O)Nc2ccccc2C(=O)NCCC(N)=O)cc1OCC. The van der Waals surface area contributed by atoms with Crippen molar-refractivity contribution in [3.8, 4) is 11.5 Å². The number of para-hydroxylation sites is 1. The zero-order valence-electron chi connectivity index (χ0n) is 17.2. The van der Waals surface area contributed by atoms with Gasteiger partial charge in [-0.3, -0.25) is 14.4 Å². The zero-order valence-corrected chi connectivity index (χ0v) is 17.2. The Morgan fingerprint density at radius 1 is 0.967 bits per heavy atom. The van der Waals surface area contributed by atoms with Crippen molar-refractivity contribution < 1.29 is 23.9 Å². The number of amides is 3. The summed E-state index contributed by atoms with van der Waals surface area (Å²) in [6.07, 6.45) is 0.888. The Bertz CT molecular complexity index is 898. The third kappa shape index (κ3) is 6.51. The summed E-state index contributed by atoms with van der Waals surface area (Å²) in [6.45, 7) is 4.95. The van der Waals surface area contributed by atoms with E-state index in [-0.39, 0.29) is 18.5 Å². The van der Waals surface area contributed by atoms with Crippen LogP contribution in [0, 0.1) is 0 Å². The zero-order chi connectivity index (χ0) is 21.9. The molecule has 2 aromatic rings. The summed E-state index contributed by atoms with van der Waals surface area (Å²) in [6, 6.07) is 11.6. The first-order chi connectivity index (χ1) is 14.5. The number of nitrogens with two attached hydrogens (primary N) is 1. The van der Waals surface area contributed by atoms with Gasteiger partial charge in [0.25, 0.3) is 11.8 Å². The number of carbonyl (C=O) groups is 3. The molecule has 0 radical (unpaired) electrons. The molecular formula is C22H27N3O5. The van der Waals surface area contributed by atoms with Gasteiger partial charge in [-0.25, -0.2) is 0 Å². The van der Waals surface area contributed by atoms with Crippen molar-refractivity contribution >= 4 is 23.4 Å². The van der Waals surface area contributed by atoms with Crippen LogP contribution in [0.3, 0.4) is 0 Å². The fourth-order valence-corrected chi connectivity index (χ4v) is 2.63. The molecule has 0 aliphatic carbocycles. The smallest absolute Gasteiger partial charge is 0.255 e. The first kappa shape index (κ1) is 22.7. The van der Waals surface area contributed by atoms with Gasteiger partial charge in [-0.15, -0.1) is 0 Å². The minimum absolute atomic E-state index is 0.0346. The van der Waals surface area contributed by atoms with Gasteiger partial charge >= 0.3 is 0 Å². The molecule has 0 aromatic heterocycles. The standard InChI is InChI=1S/C22H27N3O5/c1-3-13-30-18-10-9-15(14-19(18)29-4-2)21(27)25-17-8-6-5-7-16(17)22(28)24-12-11-20(23)26/h5-10,14H,3-4,11-13H2,1-2H3,(H2,23,26)(H,24,28)(H,25,27). The fraction of sp³-hybridized carbons (Fsp3) is 0.318. The molecule has 2 aromatic carbocycles. The molecule has 0 unspecified atom stereocenters. The van der Waals surface area contributed by atoms with Gasteiger partial charge in [0, 0.05) is 18.5 Å². The van der Waals surface area contributed by atoms with Crippen LogP contribution in [0.4, 0.5) is 5.69 Å². The van der Waals surface area contributed by atoms with Crippen LogP contribution in [0.25, 0.3) is 0 Å². The van der Waals surface area contributed by atoms with E-state index in [0.717, 1.165) is 6.42 Å². The first-order valence-corrected chi connectivity index (χ1v) is 9.82. The number of primary amides is 1. The van der Waals surface area contributed by atoms with E-state index in [2.05, 4.69) is 10.6 Å². The Labute approximate surface area is 175 Å². The number of nitrogens with one attached hydrogen (secondary N) is 2. The second kappa shape index (κ2) is 11.5. The number of hydrogen-bond acceptors (Lipinski definition) is 5. The average Bonchev–Trinajstić information content (AvgIpc) is 2.73. The van der Waals surface area contributed by atoms with Gasteiger partial charge < -0.3 is 25.8 Å². The molecule has 0 saturated carbocycles. The molecule has 0 aliphatic rings. The van der Waals surface area contributed by atoms with Gasteiger partial charge in [-0.1, -0.05) is 19.1 Å². The summed E-state index contributed by atoms with van der Waals surface area (Å²) in [7, 11) is 0. The number of rotatable bonds is 11. The number of ether oxygens (including phenoxy) is 2. The Hall–Kier alpha value is -3.55. The number of benzene rings is 2. The quantitative estimate of drug-likeness (QED) is 0.523. The molecule has 0 aliphatic heterocycles. The van der Waals surface area contributed by atoms with E-state index in [9.17, 15) is 14.4 Å². The lowest BCUT2D eigenvalue weighted by atomic mass is 10.1. The minimum Gasteiger partial charge on any atom is -0.490 e. The van der Waals surface area contributed by atoms with E-state index in [1.54, 1.807) is 42.5 Å². The Balaban J connectivity index is 2.16. The third-order valence-corrected chi connectivity index (χ3v) is 4.04. The molecular weight excluding hydrogens is 386 g/mol. The average molecular weight is 413 g/mol. The Morgan fingerprint density at radius 2 is 1.73 bits per heavy atom. The normalized spacial score (nSPS) is 10.2. The summed E-state index contributed by atoms with van der Waals surface area (Å²) in [5.74, 6) is -0.255. The Kier molecular flexibility index (Phi) is 8.68. The molecule has 3 amide bonds. The molecule has 0 heterocycles. The van der Waals surface area contributed by atoms with Gasteiger partial charge in [-0.2, -0.15) is 0 Å². The molecule has 0 spiro atoms. The summed E-state index contributed by atoms with van der Waals surface area (Å²) < 4.78 is 11.2. The highest BCUT2D eigenvalue weighted by Gasteiger charge is 2.16. The van der Waals surface area contributed by atoms with Gasteiger partial charge in [0.2, 0.25) is 5.91 Å². The molecule has 2 rings (SSSR count). The van der Waals surface area contributed by atoms with Crippen LogP contribution in [0.2, 0.25) is 0 Å². The molecule has 160 valence electrons. The van der Waals surface area contributed by atoms with Crippen LogP contribution < -0.4 is 25.8 Å². The molecule has 0 atom stereocenters. The van der Waals surface area contributed by atoms with Crippen molar-refractivity contribution in [1.82, 2.24) is 5.32 Å². The maximum atomic E-state index is 12.8. The van der Waals surface area contributed by atoms with E-state index in [1.165, 1.54) is 0 Å². The van der Waals surface area contributed by atoms with E-state index < -0.39 is 17.7 Å². The monoisotopic (exact) mass is 413 g/mol. The molecule has 8 nitrogen and oxygen atoms in total. The molecule has 8 heteroatoms. The molecule has 30 heavy (non-hydrogen) atoms. The maximum Gasteiger partial charge on any atom is 0.255 e. The predicted octanol–water partition coefficient (Wildman–Crippen LogP) is 2.73. The van der Waals surface area contributed by atoms with Crippen molar-refractivity contribution in [1.29, 1.82) is 0 Å². The highest BCUT2D eigenvalue weighted by molar-refractivity contribution is 6.09. The molecule has 0 bridgehead atoms. The minimum atomic E-state index is -0.506. The number of hydrogen-bond donors (Lipinski definition) is 3. The van der Waals surface area contributed by atoms with Crippen LogP contribution in [0.15, 0.2) is 42.5 Å². The lowest BCUT2D eigenvalue weighted by molar-refractivity contribution is -0.117.